The van der Waals surface area contributed by atoms with Crippen LogP contribution >= 0.6 is 51.7 Å². The smallest absolute Gasteiger partial charge is 0.191 e. The lowest BCUT2D eigenvalue weighted by molar-refractivity contribution is 0.680. The fraction of sp³-hybridized carbons (Fsp3) is 0.562. The maximum Gasteiger partial charge on any atom is 0.191 e. The summed E-state index contributed by atoms with van der Waals surface area (Å²) in [6.45, 7) is 5.99. The Hall–Kier alpha value is 0.0500. The topological polar surface area (TPSA) is 36.4 Å². The zero-order valence-electron chi connectivity index (χ0n) is 13.6. The molecule has 0 spiro atoms. The number of aliphatic imine (C=N–C) groups is 1. The second-order valence-corrected chi connectivity index (χ2v) is 6.69. The number of thioether (sulfide) groups is 1. The molecule has 0 heterocycles. The number of nitrogens with zero attached hydrogens (tertiary/aromatic N) is 1. The van der Waals surface area contributed by atoms with E-state index in [0.29, 0.717) is 0 Å². The molecule has 1 aromatic carbocycles. The summed E-state index contributed by atoms with van der Waals surface area (Å²) in [7, 11) is 0. The van der Waals surface area contributed by atoms with Crippen LogP contribution in [-0.4, -0.2) is 31.1 Å². The average Bonchev–Trinajstić information content (AvgIpc) is 2.47. The molecule has 0 aromatic heterocycles. The monoisotopic (exact) mass is 499 g/mol. The highest BCUT2D eigenvalue weighted by molar-refractivity contribution is 14.0. The Morgan fingerprint density at radius 3 is 2.68 bits per heavy atom. The summed E-state index contributed by atoms with van der Waals surface area (Å²) in [5.41, 5.74) is 1.24. The number of hydrogen-bond donors (Lipinski definition) is 2. The van der Waals surface area contributed by atoms with Gasteiger partial charge in [0.05, 0.1) is 6.04 Å². The number of rotatable bonds is 8. The molecule has 0 saturated heterocycles. The molecule has 0 aliphatic heterocycles. The molecule has 0 saturated carbocycles. The molecule has 1 unspecified atom stereocenters. The Morgan fingerprint density at radius 1 is 1.32 bits per heavy atom. The van der Waals surface area contributed by atoms with Crippen LogP contribution < -0.4 is 10.6 Å². The zero-order valence-corrected chi connectivity index (χ0v) is 18.3. The van der Waals surface area contributed by atoms with E-state index in [4.69, 9.17) is 0 Å². The molecule has 0 fully saturated rings. The van der Waals surface area contributed by atoms with Gasteiger partial charge in [0.15, 0.2) is 5.96 Å². The largest absolute Gasteiger partial charge is 0.357 e. The molecular formula is C16H27BrIN3S. The summed E-state index contributed by atoms with van der Waals surface area (Å²) in [6, 6.07) is 8.50. The molecule has 3 nitrogen and oxygen atoms in total. The minimum absolute atomic E-state index is 0. The molecule has 0 amide bonds. The van der Waals surface area contributed by atoms with Crippen LogP contribution in [0.25, 0.3) is 0 Å². The van der Waals surface area contributed by atoms with Crippen molar-refractivity contribution in [1.82, 2.24) is 10.6 Å². The first-order valence-corrected chi connectivity index (χ1v) is 9.66. The molecule has 0 bridgehead atoms. The lowest BCUT2D eigenvalue weighted by Gasteiger charge is -2.19. The van der Waals surface area contributed by atoms with Gasteiger partial charge in [-0.3, -0.25) is 4.99 Å². The van der Waals surface area contributed by atoms with Crippen LogP contribution in [0, 0.1) is 0 Å². The van der Waals surface area contributed by atoms with E-state index in [2.05, 4.69) is 69.9 Å². The van der Waals surface area contributed by atoms with E-state index >= 15 is 0 Å². The fourth-order valence-corrected chi connectivity index (χ4v) is 3.10. The van der Waals surface area contributed by atoms with E-state index in [1.165, 1.54) is 17.7 Å². The van der Waals surface area contributed by atoms with Gasteiger partial charge in [0, 0.05) is 17.6 Å². The van der Waals surface area contributed by atoms with Crippen LogP contribution in [0.5, 0.6) is 0 Å². The zero-order chi connectivity index (χ0) is 15.5. The van der Waals surface area contributed by atoms with E-state index in [1.54, 1.807) is 0 Å². The molecule has 1 atom stereocenters. The lowest BCUT2D eigenvalue weighted by Crippen LogP contribution is -2.38. The van der Waals surface area contributed by atoms with Crippen LogP contribution in [0.4, 0.5) is 0 Å². The van der Waals surface area contributed by atoms with Gasteiger partial charge >= 0.3 is 0 Å². The van der Waals surface area contributed by atoms with E-state index in [-0.39, 0.29) is 30.0 Å². The summed E-state index contributed by atoms with van der Waals surface area (Å²) in [5.74, 6) is 2.11. The van der Waals surface area contributed by atoms with E-state index in [0.717, 1.165) is 29.9 Å². The van der Waals surface area contributed by atoms with Crippen molar-refractivity contribution >= 4 is 57.6 Å². The third kappa shape index (κ3) is 8.62. The highest BCUT2D eigenvalue weighted by atomic mass is 127. The van der Waals surface area contributed by atoms with E-state index in [1.807, 2.05) is 17.8 Å². The number of unbranched alkanes of at least 4 members (excludes halogenated alkanes) is 1. The minimum atomic E-state index is 0. The summed E-state index contributed by atoms with van der Waals surface area (Å²) in [5, 5.41) is 6.78. The second kappa shape index (κ2) is 13.5. The van der Waals surface area contributed by atoms with Gasteiger partial charge in [0.2, 0.25) is 0 Å². The van der Waals surface area contributed by atoms with Crippen molar-refractivity contribution in [1.29, 1.82) is 0 Å². The predicted octanol–water partition coefficient (Wildman–Crippen LogP) is 4.83. The van der Waals surface area contributed by atoms with Crippen molar-refractivity contribution in [3.8, 4) is 0 Å². The van der Waals surface area contributed by atoms with Gasteiger partial charge < -0.3 is 10.6 Å². The highest BCUT2D eigenvalue weighted by Crippen LogP contribution is 2.22. The number of nitrogens with one attached hydrogen (secondary N) is 2. The van der Waals surface area contributed by atoms with Crippen LogP contribution in [0.1, 0.15) is 38.3 Å². The lowest BCUT2D eigenvalue weighted by atomic mass is 10.1. The normalized spacial score (nSPS) is 12.5. The molecule has 0 radical (unpaired) electrons. The van der Waals surface area contributed by atoms with Crippen molar-refractivity contribution in [2.45, 2.75) is 32.7 Å². The first-order valence-electron chi connectivity index (χ1n) is 7.47. The molecular weight excluding hydrogens is 473 g/mol. The van der Waals surface area contributed by atoms with Crippen molar-refractivity contribution in [3.05, 3.63) is 34.3 Å². The van der Waals surface area contributed by atoms with Crippen LogP contribution in [0.2, 0.25) is 0 Å². The molecule has 126 valence electrons. The Balaban J connectivity index is 0.00000441. The van der Waals surface area contributed by atoms with Crippen molar-refractivity contribution in [2.75, 3.05) is 25.1 Å². The van der Waals surface area contributed by atoms with Crippen LogP contribution in [0.15, 0.2) is 33.7 Å². The number of halogens is 2. The third-order valence-electron chi connectivity index (χ3n) is 3.10. The van der Waals surface area contributed by atoms with Crippen LogP contribution in [-0.2, 0) is 0 Å². The van der Waals surface area contributed by atoms with Gasteiger partial charge in [-0.05, 0) is 50.3 Å². The number of hydrogen-bond acceptors (Lipinski definition) is 2. The fourth-order valence-electron chi connectivity index (χ4n) is 1.98. The van der Waals surface area contributed by atoms with Crippen molar-refractivity contribution in [3.63, 3.8) is 0 Å². The maximum atomic E-state index is 4.65. The Morgan fingerprint density at radius 2 is 2.05 bits per heavy atom. The summed E-state index contributed by atoms with van der Waals surface area (Å²) >= 11 is 5.50. The van der Waals surface area contributed by atoms with Gasteiger partial charge in [-0.1, -0.05) is 34.1 Å². The van der Waals surface area contributed by atoms with Crippen LogP contribution in [0.3, 0.4) is 0 Å². The van der Waals surface area contributed by atoms with Gasteiger partial charge in [-0.2, -0.15) is 11.8 Å². The number of benzene rings is 1. The molecule has 6 heteroatoms. The first kappa shape index (κ1) is 22.1. The van der Waals surface area contributed by atoms with Crippen molar-refractivity contribution < 1.29 is 0 Å². The summed E-state index contributed by atoms with van der Waals surface area (Å²) in [4.78, 5) is 4.65. The molecule has 1 rings (SSSR count). The van der Waals surface area contributed by atoms with Crippen molar-refractivity contribution in [2.24, 2.45) is 4.99 Å². The molecule has 22 heavy (non-hydrogen) atoms. The summed E-state index contributed by atoms with van der Waals surface area (Å²) in [6.07, 6.45) is 4.51. The Kier molecular flexibility index (Phi) is 13.5. The minimum Gasteiger partial charge on any atom is -0.357 e. The molecule has 0 aliphatic rings. The molecule has 1 aromatic rings. The average molecular weight is 500 g/mol. The third-order valence-corrected chi connectivity index (χ3v) is 4.51. The van der Waals surface area contributed by atoms with Gasteiger partial charge in [-0.25, -0.2) is 0 Å². The molecule has 2 N–H and O–H groups in total. The SMILES string of the molecule is CCNC(=NCCCCSC)NC(C)c1ccccc1Br.I. The highest BCUT2D eigenvalue weighted by Gasteiger charge is 2.10. The molecule has 0 aliphatic carbocycles. The Labute approximate surface area is 164 Å². The quantitative estimate of drug-likeness (QED) is 0.233. The van der Waals surface area contributed by atoms with E-state index < -0.39 is 0 Å². The van der Waals surface area contributed by atoms with Gasteiger partial charge in [0.1, 0.15) is 0 Å². The number of guanidine groups is 1. The first-order chi connectivity index (χ1) is 10.2. The Bertz CT molecular complexity index is 443. The maximum absolute atomic E-state index is 4.65. The van der Waals surface area contributed by atoms with E-state index in [9.17, 15) is 0 Å². The van der Waals surface area contributed by atoms with Gasteiger partial charge in [0.25, 0.3) is 0 Å². The standard InChI is InChI=1S/C16H26BrN3S.HI/c1-4-18-16(19-11-7-8-12-21-3)20-13(2)14-9-5-6-10-15(14)17;/h5-6,9-10,13H,4,7-8,11-12H2,1-3H3,(H2,18,19,20);1H. The predicted molar refractivity (Wildman–Crippen MR) is 115 cm³/mol. The second-order valence-electron chi connectivity index (χ2n) is 4.85. The van der Waals surface area contributed by atoms with Gasteiger partial charge in [-0.15, -0.1) is 24.0 Å². The summed E-state index contributed by atoms with van der Waals surface area (Å²) < 4.78 is 1.13.